The number of rotatable bonds is 6. The summed E-state index contributed by atoms with van der Waals surface area (Å²) in [6.45, 7) is 2.10. The van der Waals surface area contributed by atoms with Crippen molar-refractivity contribution in [3.63, 3.8) is 0 Å². The summed E-state index contributed by atoms with van der Waals surface area (Å²) in [6, 6.07) is 58.7. The van der Waals surface area contributed by atoms with Gasteiger partial charge in [0.05, 0.1) is 0 Å². The molecule has 4 heteroatoms. The molecule has 236 valence electrons. The average Bonchev–Trinajstić information content (AvgIpc) is 3.57. The smallest absolute Gasteiger partial charge is 0.164 e. The number of fused-ring (bicyclic) bond motifs is 3. The highest BCUT2D eigenvalue weighted by Gasteiger charge is 2.17. The highest BCUT2D eigenvalue weighted by atomic mass is 16.3. The number of benzene rings is 7. The molecule has 0 fully saturated rings. The quantitative estimate of drug-likeness (QED) is 0.181. The van der Waals surface area contributed by atoms with Gasteiger partial charge in [0.15, 0.2) is 17.5 Å². The number of nitrogens with zero attached hydrogens (tertiary/aromatic N) is 3. The van der Waals surface area contributed by atoms with E-state index in [1.165, 1.54) is 5.56 Å². The summed E-state index contributed by atoms with van der Waals surface area (Å²) in [4.78, 5) is 15.3. The molecule has 0 atom stereocenters. The average molecular weight is 642 g/mol. The van der Waals surface area contributed by atoms with Crippen molar-refractivity contribution >= 4 is 21.9 Å². The van der Waals surface area contributed by atoms with E-state index in [-0.39, 0.29) is 0 Å². The summed E-state index contributed by atoms with van der Waals surface area (Å²) in [5.74, 6) is 1.81. The van der Waals surface area contributed by atoms with Gasteiger partial charge >= 0.3 is 0 Å². The van der Waals surface area contributed by atoms with Crippen molar-refractivity contribution in [3.05, 3.63) is 175 Å². The van der Waals surface area contributed by atoms with Crippen molar-refractivity contribution < 1.29 is 4.42 Å². The van der Waals surface area contributed by atoms with Crippen LogP contribution < -0.4 is 0 Å². The number of aryl methyl sites for hydroxylation is 1. The summed E-state index contributed by atoms with van der Waals surface area (Å²) < 4.78 is 6.47. The molecule has 0 aliphatic rings. The van der Waals surface area contributed by atoms with E-state index in [9.17, 15) is 0 Å². The molecule has 50 heavy (non-hydrogen) atoms. The molecular formula is C46H31N3O. The molecule has 9 aromatic rings. The molecule has 0 radical (unpaired) electrons. The van der Waals surface area contributed by atoms with Gasteiger partial charge in [0.25, 0.3) is 0 Å². The van der Waals surface area contributed by atoms with E-state index in [4.69, 9.17) is 19.4 Å². The number of hydrogen-bond acceptors (Lipinski definition) is 4. The summed E-state index contributed by atoms with van der Waals surface area (Å²) in [6.07, 6.45) is 0. The largest absolute Gasteiger partial charge is 0.456 e. The zero-order valence-corrected chi connectivity index (χ0v) is 27.4. The van der Waals surface area contributed by atoms with Gasteiger partial charge in [0.1, 0.15) is 11.2 Å². The van der Waals surface area contributed by atoms with Crippen LogP contribution in [0.25, 0.3) is 89.5 Å². The van der Waals surface area contributed by atoms with Crippen LogP contribution in [0.2, 0.25) is 0 Å². The van der Waals surface area contributed by atoms with Gasteiger partial charge in [0.2, 0.25) is 0 Å². The van der Waals surface area contributed by atoms with Crippen LogP contribution in [0.1, 0.15) is 5.56 Å². The lowest BCUT2D eigenvalue weighted by Gasteiger charge is -2.11. The molecule has 2 heterocycles. The first-order valence-corrected chi connectivity index (χ1v) is 16.8. The van der Waals surface area contributed by atoms with Gasteiger partial charge in [-0.15, -0.1) is 0 Å². The molecule has 2 aromatic heterocycles. The summed E-state index contributed by atoms with van der Waals surface area (Å²) >= 11 is 0. The maximum Gasteiger partial charge on any atom is 0.164 e. The third-order valence-electron chi connectivity index (χ3n) is 9.21. The van der Waals surface area contributed by atoms with Crippen LogP contribution in [-0.4, -0.2) is 15.0 Å². The molecule has 0 unspecified atom stereocenters. The first-order valence-electron chi connectivity index (χ1n) is 16.8. The lowest BCUT2D eigenvalue weighted by Crippen LogP contribution is -2.00. The van der Waals surface area contributed by atoms with E-state index in [0.29, 0.717) is 17.5 Å². The summed E-state index contributed by atoms with van der Waals surface area (Å²) in [5.41, 5.74) is 12.4. The van der Waals surface area contributed by atoms with Crippen LogP contribution in [0.4, 0.5) is 0 Å². The van der Waals surface area contributed by atoms with Gasteiger partial charge in [-0.05, 0) is 70.6 Å². The van der Waals surface area contributed by atoms with Gasteiger partial charge in [0, 0.05) is 27.5 Å². The molecular weight excluding hydrogens is 611 g/mol. The molecule has 0 saturated carbocycles. The van der Waals surface area contributed by atoms with Gasteiger partial charge in [-0.25, -0.2) is 15.0 Å². The van der Waals surface area contributed by atoms with Crippen molar-refractivity contribution in [2.75, 3.05) is 0 Å². The minimum atomic E-state index is 0.585. The Morgan fingerprint density at radius 1 is 0.360 bits per heavy atom. The Balaban J connectivity index is 1.20. The molecule has 4 nitrogen and oxygen atoms in total. The molecule has 7 aromatic carbocycles. The molecule has 0 saturated heterocycles. The highest BCUT2D eigenvalue weighted by molar-refractivity contribution is 6.13. The van der Waals surface area contributed by atoms with Crippen molar-refractivity contribution in [1.29, 1.82) is 0 Å². The fourth-order valence-electron chi connectivity index (χ4n) is 6.64. The molecule has 0 spiro atoms. The Morgan fingerprint density at radius 3 is 1.46 bits per heavy atom. The lowest BCUT2D eigenvalue weighted by atomic mass is 9.99. The van der Waals surface area contributed by atoms with E-state index in [2.05, 4.69) is 153 Å². The van der Waals surface area contributed by atoms with Gasteiger partial charge in [-0.1, -0.05) is 145 Å². The minimum Gasteiger partial charge on any atom is -0.456 e. The van der Waals surface area contributed by atoms with E-state index in [0.717, 1.165) is 72.0 Å². The van der Waals surface area contributed by atoms with Crippen molar-refractivity contribution in [1.82, 2.24) is 15.0 Å². The zero-order valence-electron chi connectivity index (χ0n) is 27.4. The molecule has 0 N–H and O–H groups in total. The molecule has 9 rings (SSSR count). The van der Waals surface area contributed by atoms with E-state index < -0.39 is 0 Å². The standard InChI is InChI=1S/C46H31N3O/c1-30-21-23-32(24-22-30)35-16-9-18-37(28-35)45-47-44(36-17-8-15-34(27-36)31-11-4-2-5-12-31)48-46(49-45)38-25-26-40-42(29-38)50-41-20-10-19-39(43(40)41)33-13-6-3-7-14-33/h2-29H,1H3. The number of aromatic nitrogens is 3. The molecule has 0 aliphatic heterocycles. The molecule has 0 amide bonds. The fraction of sp³-hybridized carbons (Fsp3) is 0.0217. The van der Waals surface area contributed by atoms with E-state index >= 15 is 0 Å². The zero-order chi connectivity index (χ0) is 33.4. The van der Waals surface area contributed by atoms with Crippen LogP contribution in [0.15, 0.2) is 174 Å². The minimum absolute atomic E-state index is 0.585. The predicted molar refractivity (Wildman–Crippen MR) is 204 cm³/mol. The Kier molecular flexibility index (Phi) is 7.33. The van der Waals surface area contributed by atoms with Crippen LogP contribution in [0.3, 0.4) is 0 Å². The Labute approximate surface area is 290 Å². The topological polar surface area (TPSA) is 51.8 Å². The second kappa shape index (κ2) is 12.4. The number of furan rings is 1. The van der Waals surface area contributed by atoms with Gasteiger partial charge < -0.3 is 4.42 Å². The maximum absolute atomic E-state index is 6.47. The predicted octanol–water partition coefficient (Wildman–Crippen LogP) is 12.1. The first-order chi connectivity index (χ1) is 24.7. The van der Waals surface area contributed by atoms with Crippen molar-refractivity contribution in [3.8, 4) is 67.5 Å². The fourth-order valence-corrected chi connectivity index (χ4v) is 6.64. The third-order valence-corrected chi connectivity index (χ3v) is 9.21. The Bertz CT molecular complexity index is 2640. The normalized spacial score (nSPS) is 11.3. The Hall–Kier alpha value is -6.65. The molecule has 0 bridgehead atoms. The Morgan fingerprint density at radius 2 is 0.840 bits per heavy atom. The van der Waals surface area contributed by atoms with Crippen LogP contribution in [0.5, 0.6) is 0 Å². The third kappa shape index (κ3) is 5.53. The first kappa shape index (κ1) is 29.5. The monoisotopic (exact) mass is 641 g/mol. The van der Waals surface area contributed by atoms with Crippen LogP contribution in [-0.2, 0) is 0 Å². The van der Waals surface area contributed by atoms with Gasteiger partial charge in [-0.2, -0.15) is 0 Å². The van der Waals surface area contributed by atoms with Crippen LogP contribution in [0, 0.1) is 6.92 Å². The van der Waals surface area contributed by atoms with E-state index in [1.54, 1.807) is 0 Å². The maximum atomic E-state index is 6.47. The number of hydrogen-bond donors (Lipinski definition) is 0. The summed E-state index contributed by atoms with van der Waals surface area (Å²) in [5, 5.41) is 2.15. The second-order valence-electron chi connectivity index (χ2n) is 12.6. The van der Waals surface area contributed by atoms with Crippen molar-refractivity contribution in [2.45, 2.75) is 6.92 Å². The SMILES string of the molecule is Cc1ccc(-c2cccc(-c3nc(-c4cccc(-c5ccccc5)c4)nc(-c4ccc5c(c4)oc4cccc(-c6ccccc6)c45)n3)c2)cc1. The van der Waals surface area contributed by atoms with Crippen LogP contribution >= 0.6 is 0 Å². The molecule has 0 aliphatic carbocycles. The lowest BCUT2D eigenvalue weighted by molar-refractivity contribution is 0.669. The van der Waals surface area contributed by atoms with Gasteiger partial charge in [-0.3, -0.25) is 0 Å². The highest BCUT2D eigenvalue weighted by Crippen LogP contribution is 2.38. The second-order valence-corrected chi connectivity index (χ2v) is 12.6. The van der Waals surface area contributed by atoms with E-state index in [1.807, 2.05) is 24.3 Å². The van der Waals surface area contributed by atoms with Crippen molar-refractivity contribution in [2.24, 2.45) is 0 Å². The summed E-state index contributed by atoms with van der Waals surface area (Å²) in [7, 11) is 0.